The molecule has 0 aliphatic heterocycles. The summed E-state index contributed by atoms with van der Waals surface area (Å²) in [6.45, 7) is 0.664. The van der Waals surface area contributed by atoms with Gasteiger partial charge in [-0.25, -0.2) is 0 Å². The molecule has 0 atom stereocenters. The Hall–Kier alpha value is -0.230. The first-order valence-corrected chi connectivity index (χ1v) is 8.48. The van der Waals surface area contributed by atoms with E-state index in [1.807, 2.05) is 30.3 Å². The highest BCUT2D eigenvalue weighted by molar-refractivity contribution is 9.11. The summed E-state index contributed by atoms with van der Waals surface area (Å²) in [7, 11) is 1.64. The van der Waals surface area contributed by atoms with Gasteiger partial charge in [-0.05, 0) is 67.8 Å². The van der Waals surface area contributed by atoms with Crippen LogP contribution in [0.5, 0.6) is 5.75 Å². The van der Waals surface area contributed by atoms with Crippen molar-refractivity contribution >= 4 is 65.1 Å². The maximum atomic E-state index is 6.15. The molecule has 0 unspecified atom stereocenters. The molecule has 0 saturated heterocycles. The molecule has 0 aliphatic rings. The van der Waals surface area contributed by atoms with Crippen molar-refractivity contribution in [3.63, 3.8) is 0 Å². The Morgan fingerprint density at radius 1 is 1.10 bits per heavy atom. The summed E-state index contributed by atoms with van der Waals surface area (Å²) >= 11 is 16.6. The van der Waals surface area contributed by atoms with E-state index >= 15 is 0 Å². The Morgan fingerprint density at radius 3 is 2.35 bits per heavy atom. The molecule has 0 amide bonds. The zero-order valence-electron chi connectivity index (χ0n) is 10.5. The molecule has 2 nitrogen and oxygen atoms in total. The van der Waals surface area contributed by atoms with E-state index in [4.69, 9.17) is 16.3 Å². The van der Waals surface area contributed by atoms with Crippen LogP contribution in [0.1, 0.15) is 5.56 Å². The lowest BCUT2D eigenvalue weighted by Gasteiger charge is -2.12. The lowest BCUT2D eigenvalue weighted by atomic mass is 10.2. The number of ether oxygens (including phenoxy) is 1. The summed E-state index contributed by atoms with van der Waals surface area (Å²) in [5.74, 6) is 0.786. The van der Waals surface area contributed by atoms with Crippen molar-refractivity contribution in [3.05, 3.63) is 54.3 Å². The van der Waals surface area contributed by atoms with Gasteiger partial charge in [-0.3, -0.25) is 0 Å². The molecule has 20 heavy (non-hydrogen) atoms. The van der Waals surface area contributed by atoms with Crippen LogP contribution in [0.25, 0.3) is 0 Å². The van der Waals surface area contributed by atoms with Crippen LogP contribution in [-0.2, 0) is 6.54 Å². The summed E-state index contributed by atoms with van der Waals surface area (Å²) in [6.07, 6.45) is 0. The summed E-state index contributed by atoms with van der Waals surface area (Å²) in [6, 6.07) is 9.75. The first kappa shape index (κ1) is 16.1. The minimum atomic E-state index is 0.664. The number of benzene rings is 2. The summed E-state index contributed by atoms with van der Waals surface area (Å²) < 4.78 is 8.09. The standard InChI is InChI=1S/C14H11Br3ClNO/c1-20-14-10(16)4-8(5-11(14)17)7-19-13-6-9(15)2-3-12(13)18/h2-6,19H,7H2,1H3. The fourth-order valence-corrected chi connectivity index (χ4v) is 3.89. The van der Waals surface area contributed by atoms with Crippen LogP contribution in [0.2, 0.25) is 5.02 Å². The molecule has 2 rings (SSSR count). The molecule has 0 bridgehead atoms. The lowest BCUT2D eigenvalue weighted by Crippen LogP contribution is -2.01. The second-order valence-corrected chi connectivity index (χ2v) is 7.10. The second kappa shape index (κ2) is 7.16. The van der Waals surface area contributed by atoms with E-state index in [-0.39, 0.29) is 0 Å². The van der Waals surface area contributed by atoms with E-state index in [1.165, 1.54) is 0 Å². The quantitative estimate of drug-likeness (QED) is 0.554. The minimum absolute atomic E-state index is 0.664. The highest BCUT2D eigenvalue weighted by Crippen LogP contribution is 2.35. The van der Waals surface area contributed by atoms with Crippen LogP contribution >= 0.6 is 59.4 Å². The second-order valence-electron chi connectivity index (χ2n) is 4.07. The number of halogens is 4. The van der Waals surface area contributed by atoms with Gasteiger partial charge in [-0.15, -0.1) is 0 Å². The highest BCUT2D eigenvalue weighted by atomic mass is 79.9. The fraction of sp³-hybridized carbons (Fsp3) is 0.143. The third kappa shape index (κ3) is 3.91. The van der Waals surface area contributed by atoms with Crippen LogP contribution in [-0.4, -0.2) is 7.11 Å². The van der Waals surface area contributed by atoms with Crippen molar-refractivity contribution < 1.29 is 4.74 Å². The average molecular weight is 484 g/mol. The molecule has 0 aromatic heterocycles. The summed E-state index contributed by atoms with van der Waals surface area (Å²) in [5, 5.41) is 4.01. The van der Waals surface area contributed by atoms with Crippen LogP contribution < -0.4 is 10.1 Å². The topological polar surface area (TPSA) is 21.3 Å². The van der Waals surface area contributed by atoms with E-state index in [0.717, 1.165) is 30.4 Å². The van der Waals surface area contributed by atoms with E-state index in [1.54, 1.807) is 7.11 Å². The minimum Gasteiger partial charge on any atom is -0.494 e. The van der Waals surface area contributed by atoms with Gasteiger partial charge >= 0.3 is 0 Å². The molecule has 2 aromatic rings. The van der Waals surface area contributed by atoms with Crippen LogP contribution in [0.4, 0.5) is 5.69 Å². The Balaban J connectivity index is 2.17. The molecule has 2 aromatic carbocycles. The van der Waals surface area contributed by atoms with E-state index < -0.39 is 0 Å². The van der Waals surface area contributed by atoms with Gasteiger partial charge in [0, 0.05) is 11.0 Å². The van der Waals surface area contributed by atoms with Gasteiger partial charge < -0.3 is 10.1 Å². The number of hydrogen-bond acceptors (Lipinski definition) is 2. The molecule has 0 heterocycles. The number of methoxy groups -OCH3 is 1. The van der Waals surface area contributed by atoms with Gasteiger partial charge in [-0.2, -0.15) is 0 Å². The van der Waals surface area contributed by atoms with Crippen molar-refractivity contribution in [1.82, 2.24) is 0 Å². The molecule has 106 valence electrons. The van der Waals surface area contributed by atoms with Crippen molar-refractivity contribution in [1.29, 1.82) is 0 Å². The van der Waals surface area contributed by atoms with Gasteiger partial charge in [0.25, 0.3) is 0 Å². The zero-order chi connectivity index (χ0) is 14.7. The first-order valence-electron chi connectivity index (χ1n) is 5.72. The molecule has 0 aliphatic carbocycles. The Bertz CT molecular complexity index is 611. The molecule has 0 saturated carbocycles. The smallest absolute Gasteiger partial charge is 0.147 e. The molecule has 1 N–H and O–H groups in total. The van der Waals surface area contributed by atoms with Gasteiger partial charge in [0.1, 0.15) is 5.75 Å². The Kier molecular flexibility index (Phi) is 5.78. The van der Waals surface area contributed by atoms with Crippen LogP contribution in [0.3, 0.4) is 0 Å². The van der Waals surface area contributed by atoms with Crippen molar-refractivity contribution in [2.24, 2.45) is 0 Å². The van der Waals surface area contributed by atoms with Gasteiger partial charge in [0.2, 0.25) is 0 Å². The van der Waals surface area contributed by atoms with Crippen molar-refractivity contribution in [2.45, 2.75) is 6.54 Å². The van der Waals surface area contributed by atoms with E-state index in [0.29, 0.717) is 11.6 Å². The zero-order valence-corrected chi connectivity index (χ0v) is 16.0. The third-order valence-electron chi connectivity index (χ3n) is 2.67. The van der Waals surface area contributed by atoms with Gasteiger partial charge in [0.05, 0.1) is 26.8 Å². The molecular weight excluding hydrogens is 473 g/mol. The summed E-state index contributed by atoms with van der Waals surface area (Å²) in [5.41, 5.74) is 2.00. The number of nitrogens with one attached hydrogen (secondary N) is 1. The third-order valence-corrected chi connectivity index (χ3v) is 4.67. The molecule has 6 heteroatoms. The van der Waals surface area contributed by atoms with Crippen molar-refractivity contribution in [2.75, 3.05) is 12.4 Å². The molecule has 0 spiro atoms. The predicted molar refractivity (Wildman–Crippen MR) is 94.9 cm³/mol. The molecular formula is C14H11Br3ClNO. The molecule has 0 radical (unpaired) electrons. The van der Waals surface area contributed by atoms with E-state index in [9.17, 15) is 0 Å². The lowest BCUT2D eigenvalue weighted by molar-refractivity contribution is 0.409. The van der Waals surface area contributed by atoms with Gasteiger partial charge in [-0.1, -0.05) is 27.5 Å². The van der Waals surface area contributed by atoms with Crippen molar-refractivity contribution in [3.8, 4) is 5.75 Å². The Morgan fingerprint density at radius 2 is 1.75 bits per heavy atom. The number of anilines is 1. The number of rotatable bonds is 4. The monoisotopic (exact) mass is 481 g/mol. The largest absolute Gasteiger partial charge is 0.494 e. The summed E-state index contributed by atoms with van der Waals surface area (Å²) in [4.78, 5) is 0. The van der Waals surface area contributed by atoms with Crippen LogP contribution in [0.15, 0.2) is 43.7 Å². The number of hydrogen-bond donors (Lipinski definition) is 1. The maximum Gasteiger partial charge on any atom is 0.147 e. The van der Waals surface area contributed by atoms with Crippen LogP contribution in [0, 0.1) is 0 Å². The Labute approximate surface area is 148 Å². The predicted octanol–water partition coefficient (Wildman–Crippen LogP) is 6.25. The SMILES string of the molecule is COc1c(Br)cc(CNc2cc(Br)ccc2Cl)cc1Br. The highest BCUT2D eigenvalue weighted by Gasteiger charge is 2.08. The van der Waals surface area contributed by atoms with E-state index in [2.05, 4.69) is 53.1 Å². The van der Waals surface area contributed by atoms with Gasteiger partial charge in [0.15, 0.2) is 0 Å². The average Bonchev–Trinajstić information content (AvgIpc) is 2.39. The first-order chi connectivity index (χ1) is 9.51. The fourth-order valence-electron chi connectivity index (χ4n) is 1.74. The normalized spacial score (nSPS) is 10.4. The maximum absolute atomic E-state index is 6.15. The molecule has 0 fully saturated rings.